The van der Waals surface area contributed by atoms with E-state index in [1.807, 2.05) is 37.3 Å². The van der Waals surface area contributed by atoms with Crippen molar-refractivity contribution in [3.05, 3.63) is 81.2 Å². The van der Waals surface area contributed by atoms with E-state index in [-0.39, 0.29) is 28.5 Å². The third kappa shape index (κ3) is 4.42. The molecule has 6 heteroatoms. The third-order valence-electron chi connectivity index (χ3n) is 4.92. The molecule has 0 spiro atoms. The van der Waals surface area contributed by atoms with Gasteiger partial charge in [0.05, 0.1) is 10.9 Å². The molecule has 0 saturated carbocycles. The number of hydrogen-bond donors (Lipinski definition) is 1. The predicted octanol–water partition coefficient (Wildman–Crippen LogP) is 4.22. The first-order chi connectivity index (χ1) is 13.9. The Balaban J connectivity index is 2.07. The fourth-order valence-electron chi connectivity index (χ4n) is 3.30. The number of aryl methyl sites for hydroxylation is 2. The number of fused-ring (bicyclic) bond motifs is 1. The van der Waals surface area contributed by atoms with Gasteiger partial charge in [0.2, 0.25) is 0 Å². The van der Waals surface area contributed by atoms with E-state index in [1.54, 1.807) is 11.5 Å². The minimum atomic E-state index is -1.09. The summed E-state index contributed by atoms with van der Waals surface area (Å²) in [5.41, 5.74) is 1.40. The van der Waals surface area contributed by atoms with Crippen LogP contribution in [0.4, 0.5) is 4.39 Å². The second kappa shape index (κ2) is 8.82. The summed E-state index contributed by atoms with van der Waals surface area (Å²) < 4.78 is 16.2. The van der Waals surface area contributed by atoms with Crippen LogP contribution in [0.5, 0.6) is 0 Å². The highest BCUT2D eigenvalue weighted by molar-refractivity contribution is 5.93. The zero-order chi connectivity index (χ0) is 21.0. The van der Waals surface area contributed by atoms with Gasteiger partial charge in [-0.05, 0) is 36.6 Å². The van der Waals surface area contributed by atoms with Crippen LogP contribution in [-0.4, -0.2) is 20.6 Å². The second-order valence-electron chi connectivity index (χ2n) is 6.79. The molecule has 0 fully saturated rings. The number of nitrogens with zero attached hydrogens (tertiary/aromatic N) is 2. The monoisotopic (exact) mass is 394 g/mol. The third-order valence-corrected chi connectivity index (χ3v) is 4.92. The van der Waals surface area contributed by atoms with Crippen molar-refractivity contribution in [3.63, 3.8) is 0 Å². The maximum Gasteiger partial charge on any atom is 0.331 e. The van der Waals surface area contributed by atoms with Crippen LogP contribution in [0.15, 0.2) is 52.8 Å². The summed E-state index contributed by atoms with van der Waals surface area (Å²) in [5.74, 6) is -1.11. The molecular formula is C23H23FN2O3. The maximum absolute atomic E-state index is 14.6. The van der Waals surface area contributed by atoms with Crippen LogP contribution in [0.2, 0.25) is 0 Å². The maximum atomic E-state index is 14.6. The van der Waals surface area contributed by atoms with E-state index in [4.69, 9.17) is 0 Å². The van der Waals surface area contributed by atoms with E-state index in [9.17, 15) is 19.1 Å². The number of benzene rings is 2. The average Bonchev–Trinajstić information content (AvgIpc) is 2.72. The molecular weight excluding hydrogens is 371 g/mol. The van der Waals surface area contributed by atoms with Crippen molar-refractivity contribution in [1.29, 1.82) is 0 Å². The molecule has 0 aliphatic rings. The molecule has 0 saturated heterocycles. The smallest absolute Gasteiger partial charge is 0.331 e. The van der Waals surface area contributed by atoms with E-state index in [0.717, 1.165) is 11.6 Å². The number of rotatable bonds is 7. The highest BCUT2D eigenvalue weighted by Crippen LogP contribution is 2.20. The van der Waals surface area contributed by atoms with Gasteiger partial charge >= 0.3 is 5.97 Å². The SMILES string of the molecule is CC/C(=C\c1cc2nc(CC)n(CCc3ccccc3)c(=O)c2cc1F)C(=O)O. The highest BCUT2D eigenvalue weighted by Gasteiger charge is 2.14. The summed E-state index contributed by atoms with van der Waals surface area (Å²) >= 11 is 0. The largest absolute Gasteiger partial charge is 0.478 e. The lowest BCUT2D eigenvalue weighted by Gasteiger charge is -2.13. The van der Waals surface area contributed by atoms with Gasteiger partial charge in [0.15, 0.2) is 0 Å². The molecule has 0 aliphatic heterocycles. The first-order valence-electron chi connectivity index (χ1n) is 9.65. The summed E-state index contributed by atoms with van der Waals surface area (Å²) in [6.07, 6.45) is 2.79. The van der Waals surface area contributed by atoms with Crippen LogP contribution in [0.25, 0.3) is 17.0 Å². The molecule has 29 heavy (non-hydrogen) atoms. The summed E-state index contributed by atoms with van der Waals surface area (Å²) in [6.45, 7) is 4.06. The Hall–Kier alpha value is -3.28. The standard InChI is InChI=1S/C23H23FN2O3/c1-3-16(23(28)29)12-17-13-20-18(14-19(17)24)22(27)26(21(4-2)25-20)11-10-15-8-6-5-7-9-15/h5-9,12-14H,3-4,10-11H2,1-2H3,(H,28,29)/b16-12+. The van der Waals surface area contributed by atoms with Crippen molar-refractivity contribution in [2.24, 2.45) is 0 Å². The van der Waals surface area contributed by atoms with Crippen molar-refractivity contribution in [1.82, 2.24) is 9.55 Å². The zero-order valence-corrected chi connectivity index (χ0v) is 16.5. The molecule has 5 nitrogen and oxygen atoms in total. The Morgan fingerprint density at radius 1 is 1.21 bits per heavy atom. The number of carboxylic acid groups (broad SMARTS) is 1. The Kier molecular flexibility index (Phi) is 6.22. The van der Waals surface area contributed by atoms with Gasteiger partial charge in [-0.3, -0.25) is 9.36 Å². The molecule has 0 bridgehead atoms. The molecule has 0 unspecified atom stereocenters. The van der Waals surface area contributed by atoms with Gasteiger partial charge in [-0.15, -0.1) is 0 Å². The minimum absolute atomic E-state index is 0.0927. The van der Waals surface area contributed by atoms with Crippen LogP contribution in [0, 0.1) is 5.82 Å². The van der Waals surface area contributed by atoms with Crippen molar-refractivity contribution in [3.8, 4) is 0 Å². The molecule has 3 rings (SSSR count). The number of carboxylic acids is 1. The lowest BCUT2D eigenvalue weighted by molar-refractivity contribution is -0.132. The number of carbonyl (C=O) groups is 1. The summed E-state index contributed by atoms with van der Waals surface area (Å²) in [5, 5.41) is 9.39. The molecule has 150 valence electrons. The van der Waals surface area contributed by atoms with Crippen molar-refractivity contribution >= 4 is 22.9 Å². The number of aliphatic carboxylic acids is 1. The van der Waals surface area contributed by atoms with Gasteiger partial charge in [0, 0.05) is 24.1 Å². The Morgan fingerprint density at radius 3 is 2.55 bits per heavy atom. The average molecular weight is 394 g/mol. The Labute approximate surface area is 168 Å². The van der Waals surface area contributed by atoms with E-state index in [1.165, 1.54) is 12.1 Å². The van der Waals surface area contributed by atoms with Gasteiger partial charge in [-0.2, -0.15) is 0 Å². The van der Waals surface area contributed by atoms with Crippen molar-refractivity contribution in [2.45, 2.75) is 39.7 Å². The summed E-state index contributed by atoms with van der Waals surface area (Å²) in [7, 11) is 0. The predicted molar refractivity (Wildman–Crippen MR) is 111 cm³/mol. The molecule has 0 atom stereocenters. The highest BCUT2D eigenvalue weighted by atomic mass is 19.1. The Morgan fingerprint density at radius 2 is 1.93 bits per heavy atom. The quantitative estimate of drug-likeness (QED) is 0.609. The molecule has 1 N–H and O–H groups in total. The van der Waals surface area contributed by atoms with Crippen molar-refractivity contribution in [2.75, 3.05) is 0 Å². The van der Waals surface area contributed by atoms with Crippen molar-refractivity contribution < 1.29 is 14.3 Å². The second-order valence-corrected chi connectivity index (χ2v) is 6.79. The fourth-order valence-corrected chi connectivity index (χ4v) is 3.30. The lowest BCUT2D eigenvalue weighted by atomic mass is 10.1. The molecule has 0 amide bonds. The van der Waals surface area contributed by atoms with E-state index >= 15 is 0 Å². The van der Waals surface area contributed by atoms with Crippen LogP contribution in [0.1, 0.15) is 37.2 Å². The molecule has 3 aromatic rings. The molecule has 1 aromatic heterocycles. The lowest BCUT2D eigenvalue weighted by Crippen LogP contribution is -2.26. The topological polar surface area (TPSA) is 72.2 Å². The molecule has 1 heterocycles. The van der Waals surface area contributed by atoms with Gasteiger partial charge in [0.1, 0.15) is 11.6 Å². The molecule has 0 aliphatic carbocycles. The van der Waals surface area contributed by atoms with Gasteiger partial charge in [-0.25, -0.2) is 14.2 Å². The van der Waals surface area contributed by atoms with Crippen LogP contribution in [0.3, 0.4) is 0 Å². The fraction of sp³-hybridized carbons (Fsp3) is 0.261. The normalized spacial score (nSPS) is 11.8. The first-order valence-corrected chi connectivity index (χ1v) is 9.65. The van der Waals surface area contributed by atoms with Crippen LogP contribution >= 0.6 is 0 Å². The van der Waals surface area contributed by atoms with Gasteiger partial charge < -0.3 is 5.11 Å². The first kappa shape index (κ1) is 20.5. The molecule has 0 radical (unpaired) electrons. The van der Waals surface area contributed by atoms with Crippen LogP contribution in [-0.2, 0) is 24.2 Å². The van der Waals surface area contributed by atoms with E-state index in [2.05, 4.69) is 4.98 Å². The van der Waals surface area contributed by atoms with E-state index < -0.39 is 11.8 Å². The van der Waals surface area contributed by atoms with Gasteiger partial charge in [0.25, 0.3) is 5.56 Å². The Bertz CT molecular complexity index is 1130. The number of aromatic nitrogens is 2. The number of halogens is 1. The zero-order valence-electron chi connectivity index (χ0n) is 16.5. The summed E-state index contributed by atoms with van der Waals surface area (Å²) in [6, 6.07) is 12.4. The van der Waals surface area contributed by atoms with E-state index in [0.29, 0.717) is 30.7 Å². The minimum Gasteiger partial charge on any atom is -0.478 e. The number of hydrogen-bond acceptors (Lipinski definition) is 3. The van der Waals surface area contributed by atoms with Crippen LogP contribution < -0.4 is 5.56 Å². The van der Waals surface area contributed by atoms with Gasteiger partial charge in [-0.1, -0.05) is 44.2 Å². The summed E-state index contributed by atoms with van der Waals surface area (Å²) in [4.78, 5) is 28.8. The molecule has 2 aromatic carbocycles.